The Bertz CT molecular complexity index is 680. The molecule has 5 nitrogen and oxygen atoms in total. The lowest BCUT2D eigenvalue weighted by Crippen LogP contribution is -2.42. The van der Waals surface area contributed by atoms with Crippen molar-refractivity contribution < 1.29 is 13.9 Å². The summed E-state index contributed by atoms with van der Waals surface area (Å²) < 4.78 is 10.8. The summed E-state index contributed by atoms with van der Waals surface area (Å²) in [5, 5.41) is 4.33. The minimum Gasteiger partial charge on any atom is -0.497 e. The average Bonchev–Trinajstić information content (AvgIpc) is 3.22. The number of carbonyl (C=O) groups excluding carboxylic acids is 1. The van der Waals surface area contributed by atoms with E-state index in [0.29, 0.717) is 12.5 Å². The number of halogens is 1. The molecule has 1 saturated heterocycles. The molecule has 132 valence electrons. The Labute approximate surface area is 148 Å². The third-order valence-electron chi connectivity index (χ3n) is 4.46. The van der Waals surface area contributed by atoms with E-state index in [9.17, 15) is 4.79 Å². The molecule has 1 aromatic carbocycles. The molecule has 24 heavy (non-hydrogen) atoms. The van der Waals surface area contributed by atoms with Crippen LogP contribution in [0, 0.1) is 0 Å². The van der Waals surface area contributed by atoms with Crippen molar-refractivity contribution in [1.29, 1.82) is 0 Å². The van der Waals surface area contributed by atoms with Crippen LogP contribution in [-0.2, 0) is 11.2 Å². The van der Waals surface area contributed by atoms with Gasteiger partial charge in [-0.05, 0) is 31.5 Å². The number of hydrogen-bond donors (Lipinski definition) is 1. The molecule has 0 saturated carbocycles. The average molecular weight is 353 g/mol. The van der Waals surface area contributed by atoms with Crippen LogP contribution in [0.3, 0.4) is 0 Å². The van der Waals surface area contributed by atoms with Crippen LogP contribution < -0.4 is 10.1 Å². The molecule has 6 heteroatoms. The number of methoxy groups -OCH3 is 1. The van der Waals surface area contributed by atoms with Gasteiger partial charge in [0, 0.05) is 36.1 Å². The predicted octanol–water partition coefficient (Wildman–Crippen LogP) is 3.01. The number of ether oxygens (including phenoxy) is 1. The lowest BCUT2D eigenvalue weighted by atomic mass is 10.1. The standard InChI is InChI=1S/C18H24N2O3.ClH/c1-3-8-20(14-6-7-19-11-14)18(21)9-13-12-23-17-10-15(22-2)4-5-16(13)17;/h4-5,10,12,14,19H,3,6-9,11H2,1-2H3;1H. The minimum atomic E-state index is 0. The fraction of sp³-hybridized carbons (Fsp3) is 0.500. The quantitative estimate of drug-likeness (QED) is 0.868. The van der Waals surface area contributed by atoms with Crippen molar-refractivity contribution in [2.45, 2.75) is 32.2 Å². The van der Waals surface area contributed by atoms with E-state index in [-0.39, 0.29) is 18.3 Å². The highest BCUT2D eigenvalue weighted by molar-refractivity contribution is 5.88. The first-order valence-corrected chi connectivity index (χ1v) is 8.27. The highest BCUT2D eigenvalue weighted by atomic mass is 35.5. The Morgan fingerprint density at radius 3 is 2.96 bits per heavy atom. The molecular formula is C18H25ClN2O3. The highest BCUT2D eigenvalue weighted by Gasteiger charge is 2.26. The molecule has 1 atom stereocenters. The summed E-state index contributed by atoms with van der Waals surface area (Å²) in [6.45, 7) is 4.82. The van der Waals surface area contributed by atoms with Crippen molar-refractivity contribution in [3.63, 3.8) is 0 Å². The van der Waals surface area contributed by atoms with Crippen LogP contribution in [-0.4, -0.2) is 43.6 Å². The van der Waals surface area contributed by atoms with Gasteiger partial charge in [0.05, 0.1) is 19.8 Å². The first-order valence-electron chi connectivity index (χ1n) is 8.27. The maximum absolute atomic E-state index is 12.8. The van der Waals surface area contributed by atoms with E-state index < -0.39 is 0 Å². The summed E-state index contributed by atoms with van der Waals surface area (Å²) in [5.74, 6) is 0.938. The zero-order chi connectivity index (χ0) is 16.2. The zero-order valence-corrected chi connectivity index (χ0v) is 15.0. The summed E-state index contributed by atoms with van der Waals surface area (Å²) in [5.41, 5.74) is 1.71. The first-order chi connectivity index (χ1) is 11.2. The van der Waals surface area contributed by atoms with Crippen molar-refractivity contribution in [1.82, 2.24) is 10.2 Å². The maximum atomic E-state index is 12.8. The number of carbonyl (C=O) groups is 1. The van der Waals surface area contributed by atoms with Gasteiger partial charge in [-0.3, -0.25) is 4.79 Å². The number of amides is 1. The molecule has 0 spiro atoms. The SMILES string of the molecule is CCCN(C(=O)Cc1coc2cc(OC)ccc12)C1CCNC1.Cl. The monoisotopic (exact) mass is 352 g/mol. The van der Waals surface area contributed by atoms with Gasteiger partial charge in [0.1, 0.15) is 11.3 Å². The molecule has 1 aromatic heterocycles. The molecule has 0 bridgehead atoms. The predicted molar refractivity (Wildman–Crippen MR) is 97.0 cm³/mol. The minimum absolute atomic E-state index is 0. The molecule has 2 heterocycles. The summed E-state index contributed by atoms with van der Waals surface area (Å²) in [6, 6.07) is 6.03. The maximum Gasteiger partial charge on any atom is 0.227 e. The van der Waals surface area contributed by atoms with Crippen LogP contribution in [0.5, 0.6) is 5.75 Å². The summed E-state index contributed by atoms with van der Waals surface area (Å²) >= 11 is 0. The molecule has 1 aliphatic heterocycles. The van der Waals surface area contributed by atoms with Crippen LogP contribution in [0.2, 0.25) is 0 Å². The van der Waals surface area contributed by atoms with E-state index in [0.717, 1.165) is 54.8 Å². The topological polar surface area (TPSA) is 54.7 Å². The van der Waals surface area contributed by atoms with Gasteiger partial charge >= 0.3 is 0 Å². The lowest BCUT2D eigenvalue weighted by Gasteiger charge is -2.28. The van der Waals surface area contributed by atoms with Crippen LogP contribution in [0.15, 0.2) is 28.9 Å². The molecule has 1 fully saturated rings. The number of furan rings is 1. The lowest BCUT2D eigenvalue weighted by molar-refractivity contribution is -0.132. The molecule has 2 aromatic rings. The summed E-state index contributed by atoms with van der Waals surface area (Å²) in [4.78, 5) is 14.8. The van der Waals surface area contributed by atoms with Crippen molar-refractivity contribution in [3.8, 4) is 5.75 Å². The van der Waals surface area contributed by atoms with Gasteiger partial charge in [-0.25, -0.2) is 0 Å². The second kappa shape index (κ2) is 8.40. The van der Waals surface area contributed by atoms with Crippen molar-refractivity contribution in [2.75, 3.05) is 26.7 Å². The van der Waals surface area contributed by atoms with Gasteiger partial charge in [0.2, 0.25) is 5.91 Å². The van der Waals surface area contributed by atoms with E-state index >= 15 is 0 Å². The van der Waals surface area contributed by atoms with Crippen LogP contribution in [0.4, 0.5) is 0 Å². The van der Waals surface area contributed by atoms with E-state index in [2.05, 4.69) is 12.2 Å². The van der Waals surface area contributed by atoms with Gasteiger partial charge in [-0.15, -0.1) is 12.4 Å². The van der Waals surface area contributed by atoms with Gasteiger partial charge < -0.3 is 19.4 Å². The zero-order valence-electron chi connectivity index (χ0n) is 14.2. The Balaban J connectivity index is 0.00000208. The second-order valence-corrected chi connectivity index (χ2v) is 6.03. The van der Waals surface area contributed by atoms with E-state index in [1.165, 1.54) is 0 Å². The number of hydrogen-bond acceptors (Lipinski definition) is 4. The number of nitrogens with one attached hydrogen (secondary N) is 1. The van der Waals surface area contributed by atoms with Crippen molar-refractivity contribution in [3.05, 3.63) is 30.0 Å². The van der Waals surface area contributed by atoms with Gasteiger partial charge in [0.15, 0.2) is 0 Å². The molecule has 1 unspecified atom stereocenters. The smallest absolute Gasteiger partial charge is 0.227 e. The Morgan fingerprint density at radius 2 is 2.29 bits per heavy atom. The molecule has 1 aliphatic rings. The number of benzene rings is 1. The van der Waals surface area contributed by atoms with Crippen LogP contribution in [0.1, 0.15) is 25.3 Å². The van der Waals surface area contributed by atoms with Gasteiger partial charge in [0.25, 0.3) is 0 Å². The van der Waals surface area contributed by atoms with Gasteiger partial charge in [-0.1, -0.05) is 6.92 Å². The van der Waals surface area contributed by atoms with E-state index in [1.807, 2.05) is 23.1 Å². The molecule has 3 rings (SSSR count). The number of nitrogens with zero attached hydrogens (tertiary/aromatic N) is 1. The normalized spacial score (nSPS) is 16.8. The first kappa shape index (κ1) is 18.6. The van der Waals surface area contributed by atoms with E-state index in [4.69, 9.17) is 9.15 Å². The number of rotatable bonds is 6. The van der Waals surface area contributed by atoms with E-state index in [1.54, 1.807) is 13.4 Å². The third-order valence-corrected chi connectivity index (χ3v) is 4.46. The molecule has 0 aliphatic carbocycles. The third kappa shape index (κ3) is 3.84. The summed E-state index contributed by atoms with van der Waals surface area (Å²) in [6.07, 6.45) is 4.09. The number of fused-ring (bicyclic) bond motifs is 1. The molecule has 0 radical (unpaired) electrons. The molecule has 1 N–H and O–H groups in total. The van der Waals surface area contributed by atoms with Gasteiger partial charge in [-0.2, -0.15) is 0 Å². The Kier molecular flexibility index (Phi) is 6.52. The fourth-order valence-corrected chi connectivity index (χ4v) is 3.25. The second-order valence-electron chi connectivity index (χ2n) is 6.03. The largest absolute Gasteiger partial charge is 0.497 e. The summed E-state index contributed by atoms with van der Waals surface area (Å²) in [7, 11) is 1.63. The van der Waals surface area contributed by atoms with Crippen molar-refractivity contribution >= 4 is 29.3 Å². The Morgan fingerprint density at radius 1 is 1.46 bits per heavy atom. The Hall–Kier alpha value is -1.72. The highest BCUT2D eigenvalue weighted by Crippen LogP contribution is 2.26. The fourth-order valence-electron chi connectivity index (χ4n) is 3.25. The molecule has 1 amide bonds. The molecular weight excluding hydrogens is 328 g/mol. The van der Waals surface area contributed by atoms with Crippen molar-refractivity contribution in [2.24, 2.45) is 0 Å². The van der Waals surface area contributed by atoms with Crippen LogP contribution in [0.25, 0.3) is 11.0 Å². The van der Waals surface area contributed by atoms with Crippen LogP contribution >= 0.6 is 12.4 Å².